The van der Waals surface area contributed by atoms with E-state index in [2.05, 4.69) is 0 Å². The Morgan fingerprint density at radius 2 is 2.29 bits per heavy atom. The second-order valence-corrected chi connectivity index (χ2v) is 3.56. The molecule has 3 nitrogen and oxygen atoms in total. The molecule has 1 aromatic rings. The van der Waals surface area contributed by atoms with Gasteiger partial charge in [0.25, 0.3) is 0 Å². The van der Waals surface area contributed by atoms with Crippen molar-refractivity contribution in [1.29, 1.82) is 5.26 Å². The number of rotatable bonds is 2. The molecule has 0 saturated carbocycles. The summed E-state index contributed by atoms with van der Waals surface area (Å²) in [4.78, 5) is 0. The molecule has 0 fully saturated rings. The summed E-state index contributed by atoms with van der Waals surface area (Å²) in [5.41, 5.74) is 7.14. The van der Waals surface area contributed by atoms with Crippen LogP contribution in [0.25, 0.3) is 0 Å². The van der Waals surface area contributed by atoms with Crippen LogP contribution in [-0.4, -0.2) is 5.11 Å². The summed E-state index contributed by atoms with van der Waals surface area (Å²) in [5, 5.41) is 18.4. The van der Waals surface area contributed by atoms with Crippen LogP contribution in [0.3, 0.4) is 0 Å². The average molecular weight is 211 g/mol. The van der Waals surface area contributed by atoms with Gasteiger partial charge in [-0.3, -0.25) is 0 Å². The van der Waals surface area contributed by atoms with Crippen LogP contribution in [-0.2, 0) is 0 Å². The zero-order valence-corrected chi connectivity index (χ0v) is 8.54. The number of nitrogens with zero attached hydrogens (tertiary/aromatic N) is 1. The highest BCUT2D eigenvalue weighted by atomic mass is 35.5. The van der Waals surface area contributed by atoms with Crippen LogP contribution in [0.5, 0.6) is 5.75 Å². The standard InChI is InChI=1S/C10H11ClN2O/c1-6-4-7(9(13)2-3-12)10(14)8(11)5-6/h4-5,9,14H,2,13H2,1H3/t9-/m1/s1. The number of phenols is 1. The van der Waals surface area contributed by atoms with Crippen LogP contribution >= 0.6 is 11.6 Å². The van der Waals surface area contributed by atoms with E-state index in [1.807, 2.05) is 13.0 Å². The molecule has 0 unspecified atom stereocenters. The minimum Gasteiger partial charge on any atom is -0.506 e. The van der Waals surface area contributed by atoms with Gasteiger partial charge in [-0.2, -0.15) is 5.26 Å². The molecule has 0 aliphatic rings. The van der Waals surface area contributed by atoms with E-state index in [0.29, 0.717) is 5.56 Å². The zero-order chi connectivity index (χ0) is 10.7. The Balaban J connectivity index is 3.14. The maximum absolute atomic E-state index is 9.60. The van der Waals surface area contributed by atoms with Gasteiger partial charge in [0.15, 0.2) is 0 Å². The summed E-state index contributed by atoms with van der Waals surface area (Å²) in [6.45, 7) is 1.86. The quantitative estimate of drug-likeness (QED) is 0.787. The molecule has 0 aliphatic heterocycles. The highest BCUT2D eigenvalue weighted by Crippen LogP contribution is 2.32. The van der Waals surface area contributed by atoms with Gasteiger partial charge in [-0.25, -0.2) is 0 Å². The van der Waals surface area contributed by atoms with Gasteiger partial charge in [0.05, 0.1) is 17.5 Å². The molecule has 0 bridgehead atoms. The lowest BCUT2D eigenvalue weighted by molar-refractivity contribution is 0.462. The van der Waals surface area contributed by atoms with Crippen molar-refractivity contribution in [2.75, 3.05) is 0 Å². The molecule has 3 N–H and O–H groups in total. The largest absolute Gasteiger partial charge is 0.506 e. The van der Waals surface area contributed by atoms with Crippen molar-refractivity contribution in [3.63, 3.8) is 0 Å². The lowest BCUT2D eigenvalue weighted by atomic mass is 10.0. The monoisotopic (exact) mass is 210 g/mol. The number of hydrogen-bond acceptors (Lipinski definition) is 3. The number of aromatic hydroxyl groups is 1. The first-order chi connectivity index (χ1) is 6.56. The number of nitrogens with two attached hydrogens (primary N) is 1. The van der Waals surface area contributed by atoms with Crippen LogP contribution in [0.1, 0.15) is 23.6 Å². The number of phenolic OH excluding ortho intramolecular Hbond substituents is 1. The zero-order valence-electron chi connectivity index (χ0n) is 7.79. The minimum atomic E-state index is -0.489. The predicted molar refractivity (Wildman–Crippen MR) is 55.0 cm³/mol. The summed E-state index contributed by atoms with van der Waals surface area (Å²) in [6.07, 6.45) is 0.160. The minimum absolute atomic E-state index is 0.0278. The van der Waals surface area contributed by atoms with Crippen LogP contribution in [0, 0.1) is 18.3 Å². The van der Waals surface area contributed by atoms with Gasteiger partial charge in [-0.15, -0.1) is 0 Å². The fourth-order valence-corrected chi connectivity index (χ4v) is 1.53. The Hall–Kier alpha value is -1.24. The number of halogens is 1. The summed E-state index contributed by atoms with van der Waals surface area (Å²) in [5.74, 6) is -0.0278. The Kier molecular flexibility index (Phi) is 3.34. The second kappa shape index (κ2) is 4.32. The Labute approximate surface area is 87.7 Å². The Bertz CT molecular complexity index is 384. The number of aryl methyl sites for hydroxylation is 1. The van der Waals surface area contributed by atoms with Crippen molar-refractivity contribution < 1.29 is 5.11 Å². The van der Waals surface area contributed by atoms with Crippen LogP contribution in [0.15, 0.2) is 12.1 Å². The third-order valence-electron chi connectivity index (χ3n) is 1.95. The summed E-state index contributed by atoms with van der Waals surface area (Å²) < 4.78 is 0. The number of hydrogen-bond donors (Lipinski definition) is 2. The fraction of sp³-hybridized carbons (Fsp3) is 0.300. The van der Waals surface area contributed by atoms with Crippen LogP contribution in [0.2, 0.25) is 5.02 Å². The van der Waals surface area contributed by atoms with Crippen molar-refractivity contribution in [2.45, 2.75) is 19.4 Å². The molecule has 0 radical (unpaired) electrons. The topological polar surface area (TPSA) is 70.0 Å². The van der Waals surface area contributed by atoms with Crippen molar-refractivity contribution in [3.8, 4) is 11.8 Å². The highest BCUT2D eigenvalue weighted by Gasteiger charge is 2.13. The smallest absolute Gasteiger partial charge is 0.138 e. The Morgan fingerprint density at radius 1 is 1.64 bits per heavy atom. The van der Waals surface area contributed by atoms with E-state index in [9.17, 15) is 5.11 Å². The SMILES string of the molecule is Cc1cc(Cl)c(O)c([C@H](N)CC#N)c1. The van der Waals surface area contributed by atoms with Crippen LogP contribution in [0.4, 0.5) is 0 Å². The number of nitriles is 1. The molecule has 74 valence electrons. The summed E-state index contributed by atoms with van der Waals surface area (Å²) in [6, 6.07) is 4.86. The molecule has 1 aromatic carbocycles. The molecule has 14 heavy (non-hydrogen) atoms. The molecule has 1 atom stereocenters. The molecule has 0 aliphatic carbocycles. The maximum Gasteiger partial charge on any atom is 0.138 e. The van der Waals surface area contributed by atoms with E-state index in [1.165, 1.54) is 0 Å². The lowest BCUT2D eigenvalue weighted by Gasteiger charge is -2.12. The first-order valence-electron chi connectivity index (χ1n) is 4.17. The predicted octanol–water partition coefficient (Wildman–Crippen LogP) is 2.27. The first kappa shape index (κ1) is 10.8. The van der Waals surface area contributed by atoms with Crippen molar-refractivity contribution in [1.82, 2.24) is 0 Å². The van der Waals surface area contributed by atoms with Gasteiger partial charge in [0, 0.05) is 11.6 Å². The van der Waals surface area contributed by atoms with Gasteiger partial charge in [0.1, 0.15) is 5.75 Å². The van der Waals surface area contributed by atoms with Crippen molar-refractivity contribution >= 4 is 11.6 Å². The van der Waals surface area contributed by atoms with Crippen molar-refractivity contribution in [2.24, 2.45) is 5.73 Å². The molecular formula is C10H11ClN2O. The van der Waals surface area contributed by atoms with Gasteiger partial charge < -0.3 is 10.8 Å². The number of benzene rings is 1. The third kappa shape index (κ3) is 2.16. The lowest BCUT2D eigenvalue weighted by Crippen LogP contribution is -2.09. The molecule has 4 heteroatoms. The molecular weight excluding hydrogens is 200 g/mol. The molecule has 0 amide bonds. The van der Waals surface area contributed by atoms with Gasteiger partial charge in [-0.05, 0) is 18.6 Å². The molecule has 0 spiro atoms. The van der Waals surface area contributed by atoms with E-state index in [-0.39, 0.29) is 17.2 Å². The van der Waals surface area contributed by atoms with E-state index < -0.39 is 6.04 Å². The van der Waals surface area contributed by atoms with Crippen LogP contribution < -0.4 is 5.73 Å². The normalized spacial score (nSPS) is 12.1. The van der Waals surface area contributed by atoms with Crippen molar-refractivity contribution in [3.05, 3.63) is 28.3 Å². The maximum atomic E-state index is 9.60. The molecule has 0 heterocycles. The van der Waals surface area contributed by atoms with E-state index in [0.717, 1.165) is 5.56 Å². The van der Waals surface area contributed by atoms with E-state index in [4.69, 9.17) is 22.6 Å². The van der Waals surface area contributed by atoms with E-state index >= 15 is 0 Å². The highest BCUT2D eigenvalue weighted by molar-refractivity contribution is 6.32. The summed E-state index contributed by atoms with van der Waals surface area (Å²) in [7, 11) is 0. The van der Waals surface area contributed by atoms with Gasteiger partial charge >= 0.3 is 0 Å². The molecule has 0 saturated heterocycles. The Morgan fingerprint density at radius 3 is 2.86 bits per heavy atom. The first-order valence-corrected chi connectivity index (χ1v) is 4.55. The van der Waals surface area contributed by atoms with Gasteiger partial charge in [-0.1, -0.05) is 17.7 Å². The average Bonchev–Trinajstić information content (AvgIpc) is 2.11. The summed E-state index contributed by atoms with van der Waals surface area (Å²) >= 11 is 5.77. The van der Waals surface area contributed by atoms with Gasteiger partial charge in [0.2, 0.25) is 0 Å². The molecule has 0 aromatic heterocycles. The fourth-order valence-electron chi connectivity index (χ4n) is 1.25. The third-order valence-corrected chi connectivity index (χ3v) is 2.24. The second-order valence-electron chi connectivity index (χ2n) is 3.15. The molecule has 1 rings (SSSR count). The van der Waals surface area contributed by atoms with E-state index in [1.54, 1.807) is 12.1 Å².